The first-order valence-electron chi connectivity index (χ1n) is 6.78. The number of benzene rings is 1. The Labute approximate surface area is 113 Å². The summed E-state index contributed by atoms with van der Waals surface area (Å²) in [6.07, 6.45) is 8.13. The standard InChI is InChI=1S/C15H21N3O/c16-12-6-7-13(14(17)10-12)15(19)18-9-8-11-4-2-1-3-5-11/h4,6-7,10H,1-3,5,8-9,16-17H2,(H,18,19). The van der Waals surface area contributed by atoms with Crippen LogP contribution in [0, 0.1) is 0 Å². The third-order valence-electron chi connectivity index (χ3n) is 3.44. The van der Waals surface area contributed by atoms with Gasteiger partial charge < -0.3 is 16.8 Å². The molecule has 1 amide bonds. The molecule has 1 aromatic carbocycles. The van der Waals surface area contributed by atoms with Gasteiger partial charge in [-0.2, -0.15) is 0 Å². The number of hydrogen-bond donors (Lipinski definition) is 3. The lowest BCUT2D eigenvalue weighted by molar-refractivity contribution is 0.0955. The highest BCUT2D eigenvalue weighted by atomic mass is 16.1. The number of nitrogens with two attached hydrogens (primary N) is 2. The molecule has 0 radical (unpaired) electrons. The molecule has 0 unspecified atom stereocenters. The molecular formula is C15H21N3O. The molecule has 1 aliphatic rings. The van der Waals surface area contributed by atoms with E-state index in [1.165, 1.54) is 31.3 Å². The maximum atomic E-state index is 12.0. The van der Waals surface area contributed by atoms with E-state index in [1.54, 1.807) is 18.2 Å². The van der Waals surface area contributed by atoms with E-state index in [0.717, 1.165) is 6.42 Å². The summed E-state index contributed by atoms with van der Waals surface area (Å²) in [5.74, 6) is -0.131. The summed E-state index contributed by atoms with van der Waals surface area (Å²) in [6, 6.07) is 4.97. The van der Waals surface area contributed by atoms with Gasteiger partial charge in [-0.3, -0.25) is 4.79 Å². The number of amides is 1. The van der Waals surface area contributed by atoms with E-state index in [1.807, 2.05) is 0 Å². The third-order valence-corrected chi connectivity index (χ3v) is 3.44. The van der Waals surface area contributed by atoms with Crippen LogP contribution < -0.4 is 16.8 Å². The summed E-state index contributed by atoms with van der Waals surface area (Å²) in [5.41, 5.74) is 14.3. The molecule has 102 valence electrons. The van der Waals surface area contributed by atoms with Crippen molar-refractivity contribution in [1.82, 2.24) is 5.32 Å². The zero-order valence-corrected chi connectivity index (χ0v) is 11.1. The van der Waals surface area contributed by atoms with E-state index in [9.17, 15) is 4.79 Å². The van der Waals surface area contributed by atoms with Crippen molar-refractivity contribution < 1.29 is 4.79 Å². The Hall–Kier alpha value is -1.97. The van der Waals surface area contributed by atoms with Crippen molar-refractivity contribution >= 4 is 17.3 Å². The molecule has 0 bridgehead atoms. The van der Waals surface area contributed by atoms with Crippen molar-refractivity contribution in [2.45, 2.75) is 32.1 Å². The van der Waals surface area contributed by atoms with Gasteiger partial charge in [0, 0.05) is 17.9 Å². The average molecular weight is 259 g/mol. The molecule has 0 aliphatic heterocycles. The van der Waals surface area contributed by atoms with E-state index in [-0.39, 0.29) is 5.91 Å². The van der Waals surface area contributed by atoms with Gasteiger partial charge >= 0.3 is 0 Å². The van der Waals surface area contributed by atoms with Gasteiger partial charge in [0.25, 0.3) is 5.91 Å². The Balaban J connectivity index is 1.85. The van der Waals surface area contributed by atoms with Crippen LogP contribution in [0.15, 0.2) is 29.8 Å². The van der Waals surface area contributed by atoms with E-state index in [0.29, 0.717) is 23.5 Å². The van der Waals surface area contributed by atoms with E-state index in [4.69, 9.17) is 11.5 Å². The van der Waals surface area contributed by atoms with Crippen LogP contribution in [-0.2, 0) is 0 Å². The molecule has 4 heteroatoms. The smallest absolute Gasteiger partial charge is 0.253 e. The highest BCUT2D eigenvalue weighted by Crippen LogP contribution is 2.19. The Morgan fingerprint density at radius 3 is 2.79 bits per heavy atom. The van der Waals surface area contributed by atoms with Gasteiger partial charge in [0.2, 0.25) is 0 Å². The van der Waals surface area contributed by atoms with Crippen molar-refractivity contribution in [3.05, 3.63) is 35.4 Å². The molecule has 1 aromatic rings. The SMILES string of the molecule is Nc1ccc(C(=O)NCCC2=CCCCC2)c(N)c1. The molecular weight excluding hydrogens is 238 g/mol. The molecule has 2 rings (SSSR count). The van der Waals surface area contributed by atoms with Crippen LogP contribution >= 0.6 is 0 Å². The van der Waals surface area contributed by atoms with Crippen LogP contribution in [0.3, 0.4) is 0 Å². The normalized spacial score (nSPS) is 14.8. The number of nitrogens with one attached hydrogen (secondary N) is 1. The van der Waals surface area contributed by atoms with Crippen molar-refractivity contribution in [2.75, 3.05) is 18.0 Å². The van der Waals surface area contributed by atoms with Crippen LogP contribution in [-0.4, -0.2) is 12.5 Å². The number of carbonyl (C=O) groups is 1. The molecule has 1 aliphatic carbocycles. The van der Waals surface area contributed by atoms with Crippen LogP contribution in [0.5, 0.6) is 0 Å². The quantitative estimate of drug-likeness (QED) is 0.574. The lowest BCUT2D eigenvalue weighted by atomic mass is 9.97. The minimum atomic E-state index is -0.131. The fraction of sp³-hybridized carbons (Fsp3) is 0.400. The van der Waals surface area contributed by atoms with Gasteiger partial charge in [-0.15, -0.1) is 0 Å². The van der Waals surface area contributed by atoms with Gasteiger partial charge in [0.05, 0.1) is 5.56 Å². The second-order valence-electron chi connectivity index (χ2n) is 4.96. The zero-order chi connectivity index (χ0) is 13.7. The monoisotopic (exact) mass is 259 g/mol. The highest BCUT2D eigenvalue weighted by molar-refractivity contribution is 5.99. The minimum absolute atomic E-state index is 0.131. The zero-order valence-electron chi connectivity index (χ0n) is 11.1. The average Bonchev–Trinajstić information content (AvgIpc) is 2.39. The fourth-order valence-electron chi connectivity index (χ4n) is 2.35. The molecule has 0 heterocycles. The van der Waals surface area contributed by atoms with Crippen LogP contribution in [0.2, 0.25) is 0 Å². The van der Waals surface area contributed by atoms with Crippen LogP contribution in [0.4, 0.5) is 11.4 Å². The number of hydrogen-bond acceptors (Lipinski definition) is 3. The predicted molar refractivity (Wildman–Crippen MR) is 78.8 cm³/mol. The summed E-state index contributed by atoms with van der Waals surface area (Å²) < 4.78 is 0. The molecule has 0 atom stereocenters. The van der Waals surface area contributed by atoms with Crippen LogP contribution in [0.1, 0.15) is 42.5 Å². The summed E-state index contributed by atoms with van der Waals surface area (Å²) in [5, 5.41) is 2.91. The molecule has 19 heavy (non-hydrogen) atoms. The Bertz CT molecular complexity index is 494. The maximum Gasteiger partial charge on any atom is 0.253 e. The molecule has 0 aromatic heterocycles. The van der Waals surface area contributed by atoms with Crippen molar-refractivity contribution in [1.29, 1.82) is 0 Å². The summed E-state index contributed by atoms with van der Waals surface area (Å²) in [7, 11) is 0. The molecule has 5 N–H and O–H groups in total. The third kappa shape index (κ3) is 3.74. The van der Waals surface area contributed by atoms with Crippen molar-refractivity contribution in [3.63, 3.8) is 0 Å². The molecule has 0 fully saturated rings. The van der Waals surface area contributed by atoms with Gasteiger partial charge in [-0.25, -0.2) is 0 Å². The Morgan fingerprint density at radius 1 is 1.26 bits per heavy atom. The van der Waals surface area contributed by atoms with E-state index >= 15 is 0 Å². The number of anilines is 2. The predicted octanol–water partition coefficient (Wildman–Crippen LogP) is 2.47. The lowest BCUT2D eigenvalue weighted by Crippen LogP contribution is -2.25. The number of rotatable bonds is 4. The first-order chi connectivity index (χ1) is 9.16. The molecule has 0 saturated carbocycles. The Kier molecular flexibility index (Phi) is 4.44. The fourth-order valence-corrected chi connectivity index (χ4v) is 2.35. The summed E-state index contributed by atoms with van der Waals surface area (Å²) in [6.45, 7) is 0.661. The van der Waals surface area contributed by atoms with Gasteiger partial charge in [-0.1, -0.05) is 11.6 Å². The molecule has 0 spiro atoms. The van der Waals surface area contributed by atoms with Crippen molar-refractivity contribution in [3.8, 4) is 0 Å². The van der Waals surface area contributed by atoms with E-state index < -0.39 is 0 Å². The molecule has 4 nitrogen and oxygen atoms in total. The minimum Gasteiger partial charge on any atom is -0.399 e. The Morgan fingerprint density at radius 2 is 2.11 bits per heavy atom. The number of nitrogen functional groups attached to an aromatic ring is 2. The first-order valence-corrected chi connectivity index (χ1v) is 6.78. The number of allylic oxidation sites excluding steroid dienone is 1. The van der Waals surface area contributed by atoms with Crippen LogP contribution in [0.25, 0.3) is 0 Å². The maximum absolute atomic E-state index is 12.0. The van der Waals surface area contributed by atoms with Gasteiger partial charge in [0.15, 0.2) is 0 Å². The van der Waals surface area contributed by atoms with Gasteiger partial charge in [0.1, 0.15) is 0 Å². The highest BCUT2D eigenvalue weighted by Gasteiger charge is 2.10. The second kappa shape index (κ2) is 6.27. The van der Waals surface area contributed by atoms with Crippen molar-refractivity contribution in [2.24, 2.45) is 0 Å². The number of carbonyl (C=O) groups excluding carboxylic acids is 1. The summed E-state index contributed by atoms with van der Waals surface area (Å²) in [4.78, 5) is 12.0. The topological polar surface area (TPSA) is 81.1 Å². The van der Waals surface area contributed by atoms with E-state index in [2.05, 4.69) is 11.4 Å². The van der Waals surface area contributed by atoms with Gasteiger partial charge in [-0.05, 0) is 50.3 Å². The largest absolute Gasteiger partial charge is 0.399 e. The first kappa shape index (κ1) is 13.5. The molecule has 0 saturated heterocycles. The summed E-state index contributed by atoms with van der Waals surface area (Å²) >= 11 is 0. The lowest BCUT2D eigenvalue weighted by Gasteiger charge is -2.13. The second-order valence-corrected chi connectivity index (χ2v) is 4.96.